The van der Waals surface area contributed by atoms with E-state index in [1.807, 2.05) is 0 Å². The number of rotatable bonds is 3. The van der Waals surface area contributed by atoms with E-state index < -0.39 is 0 Å². The molecule has 0 aromatic heterocycles. The smallest absolute Gasteiger partial charge is 0.255 e. The van der Waals surface area contributed by atoms with Gasteiger partial charge < -0.3 is 10.6 Å². The maximum absolute atomic E-state index is 12.1. The molecule has 0 spiro atoms. The summed E-state index contributed by atoms with van der Waals surface area (Å²) >= 11 is 6.05. The molecule has 5 heteroatoms. The monoisotopic (exact) mass is 301 g/mol. The fourth-order valence-electron chi connectivity index (χ4n) is 1.75. The molecule has 2 aromatic carbocycles. The number of amides is 2. The third kappa shape index (κ3) is 4.07. The molecular weight excluding hydrogens is 288 g/mol. The molecule has 0 bridgehead atoms. The van der Waals surface area contributed by atoms with Gasteiger partial charge in [-0.3, -0.25) is 9.59 Å². The lowest BCUT2D eigenvalue weighted by Crippen LogP contribution is -2.13. The summed E-state index contributed by atoms with van der Waals surface area (Å²) in [6.07, 6.45) is 0. The second-order valence-corrected chi connectivity index (χ2v) is 4.93. The van der Waals surface area contributed by atoms with Gasteiger partial charge in [0.05, 0.1) is 10.7 Å². The number of hydrogen-bond donors (Lipinski definition) is 2. The minimum atomic E-state index is -0.281. The van der Waals surface area contributed by atoms with Gasteiger partial charge in [-0.05, 0) is 42.8 Å². The van der Waals surface area contributed by atoms with Crippen molar-refractivity contribution in [3.05, 3.63) is 65.5 Å². The van der Waals surface area contributed by atoms with Crippen molar-refractivity contribution in [2.45, 2.75) is 6.92 Å². The number of carbonyl (C=O) groups is 2. The lowest BCUT2D eigenvalue weighted by molar-refractivity contribution is -0.114. The molecule has 0 aliphatic heterocycles. The number of benzene rings is 2. The highest BCUT2D eigenvalue weighted by molar-refractivity contribution is 6.34. The third-order valence-electron chi connectivity index (χ3n) is 2.75. The third-order valence-corrected chi connectivity index (χ3v) is 3.08. The normalized spacial score (nSPS) is 10.0. The Morgan fingerprint density at radius 3 is 2.33 bits per heavy atom. The molecular formula is C16H14ClN2O2. The van der Waals surface area contributed by atoms with Gasteiger partial charge in [0.25, 0.3) is 5.91 Å². The summed E-state index contributed by atoms with van der Waals surface area (Å²) in [6, 6.07) is 11.8. The predicted octanol–water partition coefficient (Wildman–Crippen LogP) is 3.73. The first-order valence-electron chi connectivity index (χ1n) is 6.26. The molecule has 4 nitrogen and oxygen atoms in total. The zero-order valence-corrected chi connectivity index (χ0v) is 12.2. The van der Waals surface area contributed by atoms with E-state index in [9.17, 15) is 9.59 Å². The minimum absolute atomic E-state index is 0.194. The minimum Gasteiger partial charge on any atom is -0.326 e. The summed E-state index contributed by atoms with van der Waals surface area (Å²) < 4.78 is 0. The number of anilines is 2. The Kier molecular flexibility index (Phi) is 4.60. The molecule has 0 heterocycles. The molecule has 2 amide bonds. The molecule has 0 saturated carbocycles. The Hall–Kier alpha value is -2.33. The van der Waals surface area contributed by atoms with Gasteiger partial charge in [0.15, 0.2) is 0 Å². The van der Waals surface area contributed by atoms with E-state index >= 15 is 0 Å². The molecule has 0 unspecified atom stereocenters. The van der Waals surface area contributed by atoms with Crippen molar-refractivity contribution in [3.63, 3.8) is 0 Å². The Morgan fingerprint density at radius 2 is 1.71 bits per heavy atom. The van der Waals surface area contributed by atoms with Crippen molar-refractivity contribution in [1.29, 1.82) is 0 Å². The standard InChI is InChI=1S/C16H14ClN2O2/c1-10-3-5-12(6-4-10)16(21)19-15-9-13(18-11(2)20)7-8-14(15)17/h3-9H,1H2,2H3,(H,18,20)(H,19,21). The molecule has 0 aliphatic carbocycles. The zero-order valence-electron chi connectivity index (χ0n) is 11.4. The van der Waals surface area contributed by atoms with Crippen molar-refractivity contribution < 1.29 is 9.59 Å². The summed E-state index contributed by atoms with van der Waals surface area (Å²) in [5.41, 5.74) is 2.34. The first kappa shape index (κ1) is 15.1. The van der Waals surface area contributed by atoms with Crippen LogP contribution in [0.5, 0.6) is 0 Å². The largest absolute Gasteiger partial charge is 0.326 e. The van der Waals surface area contributed by atoms with Crippen LogP contribution in [0, 0.1) is 6.92 Å². The Labute approximate surface area is 128 Å². The molecule has 2 rings (SSSR count). The number of nitrogens with one attached hydrogen (secondary N) is 2. The summed E-state index contributed by atoms with van der Waals surface area (Å²) in [5.74, 6) is -0.475. The Morgan fingerprint density at radius 1 is 1.05 bits per heavy atom. The molecule has 2 N–H and O–H groups in total. The lowest BCUT2D eigenvalue weighted by Gasteiger charge is -2.10. The van der Waals surface area contributed by atoms with Crippen LogP contribution >= 0.6 is 11.6 Å². The van der Waals surface area contributed by atoms with Crippen LogP contribution in [0.15, 0.2) is 42.5 Å². The fraction of sp³-hybridized carbons (Fsp3) is 0.0625. The van der Waals surface area contributed by atoms with Crippen LogP contribution in [-0.2, 0) is 4.79 Å². The Bertz CT molecular complexity index is 681. The second-order valence-electron chi connectivity index (χ2n) is 4.53. The molecule has 0 fully saturated rings. The van der Waals surface area contributed by atoms with Gasteiger partial charge in [-0.15, -0.1) is 0 Å². The average Bonchev–Trinajstić information content (AvgIpc) is 2.42. The first-order chi connectivity index (χ1) is 9.95. The number of halogens is 1. The maximum Gasteiger partial charge on any atom is 0.255 e. The average molecular weight is 302 g/mol. The van der Waals surface area contributed by atoms with Crippen molar-refractivity contribution >= 4 is 34.8 Å². The van der Waals surface area contributed by atoms with Gasteiger partial charge in [0.1, 0.15) is 0 Å². The molecule has 2 aromatic rings. The quantitative estimate of drug-likeness (QED) is 0.907. The van der Waals surface area contributed by atoms with E-state index in [-0.39, 0.29) is 11.8 Å². The second kappa shape index (κ2) is 6.41. The maximum atomic E-state index is 12.1. The molecule has 0 saturated heterocycles. The topological polar surface area (TPSA) is 58.2 Å². The van der Waals surface area contributed by atoms with Crippen LogP contribution in [-0.4, -0.2) is 11.8 Å². The highest BCUT2D eigenvalue weighted by Crippen LogP contribution is 2.26. The Balaban J connectivity index is 2.20. The van der Waals surface area contributed by atoms with E-state index in [0.29, 0.717) is 22.0 Å². The molecule has 0 aliphatic rings. The van der Waals surface area contributed by atoms with Crippen LogP contribution in [0.4, 0.5) is 11.4 Å². The summed E-state index contributed by atoms with van der Waals surface area (Å²) in [7, 11) is 0. The van der Waals surface area contributed by atoms with Gasteiger partial charge >= 0.3 is 0 Å². The molecule has 1 radical (unpaired) electrons. The van der Waals surface area contributed by atoms with Crippen LogP contribution in [0.1, 0.15) is 22.8 Å². The fourth-order valence-corrected chi connectivity index (χ4v) is 1.92. The van der Waals surface area contributed by atoms with E-state index in [4.69, 9.17) is 11.6 Å². The van der Waals surface area contributed by atoms with Crippen molar-refractivity contribution in [2.75, 3.05) is 10.6 Å². The first-order valence-corrected chi connectivity index (χ1v) is 6.64. The van der Waals surface area contributed by atoms with Crippen LogP contribution in [0.2, 0.25) is 5.02 Å². The van der Waals surface area contributed by atoms with Gasteiger partial charge in [-0.1, -0.05) is 23.7 Å². The predicted molar refractivity (Wildman–Crippen MR) is 84.6 cm³/mol. The molecule has 0 atom stereocenters. The zero-order chi connectivity index (χ0) is 15.4. The van der Waals surface area contributed by atoms with Gasteiger partial charge in [0, 0.05) is 18.2 Å². The van der Waals surface area contributed by atoms with Gasteiger partial charge in [-0.25, -0.2) is 0 Å². The van der Waals surface area contributed by atoms with E-state index in [0.717, 1.165) is 5.56 Å². The van der Waals surface area contributed by atoms with Crippen LogP contribution in [0.25, 0.3) is 0 Å². The SMILES string of the molecule is [CH2]c1ccc(C(=O)Nc2cc(NC(C)=O)ccc2Cl)cc1. The highest BCUT2D eigenvalue weighted by atomic mass is 35.5. The van der Waals surface area contributed by atoms with Crippen molar-refractivity contribution in [3.8, 4) is 0 Å². The number of carbonyl (C=O) groups excluding carboxylic acids is 2. The van der Waals surface area contributed by atoms with Gasteiger partial charge in [-0.2, -0.15) is 0 Å². The van der Waals surface area contributed by atoms with E-state index in [1.165, 1.54) is 6.92 Å². The van der Waals surface area contributed by atoms with E-state index in [1.54, 1.807) is 42.5 Å². The number of hydrogen-bond acceptors (Lipinski definition) is 2. The lowest BCUT2D eigenvalue weighted by atomic mass is 10.1. The molecule has 107 valence electrons. The van der Waals surface area contributed by atoms with Crippen LogP contribution in [0.3, 0.4) is 0 Å². The molecule has 21 heavy (non-hydrogen) atoms. The summed E-state index contributed by atoms with van der Waals surface area (Å²) in [6.45, 7) is 5.18. The summed E-state index contributed by atoms with van der Waals surface area (Å²) in [4.78, 5) is 23.2. The van der Waals surface area contributed by atoms with Gasteiger partial charge in [0.2, 0.25) is 5.91 Å². The van der Waals surface area contributed by atoms with Crippen molar-refractivity contribution in [1.82, 2.24) is 0 Å². The highest BCUT2D eigenvalue weighted by Gasteiger charge is 2.09. The van der Waals surface area contributed by atoms with E-state index in [2.05, 4.69) is 17.6 Å². The summed E-state index contributed by atoms with van der Waals surface area (Å²) in [5, 5.41) is 5.75. The van der Waals surface area contributed by atoms with Crippen LogP contribution < -0.4 is 10.6 Å². The van der Waals surface area contributed by atoms with Crippen molar-refractivity contribution in [2.24, 2.45) is 0 Å².